The molecular weight excluding hydrogens is 552 g/mol. The lowest BCUT2D eigenvalue weighted by atomic mass is 9.99. The number of nitrogens with one attached hydrogen (secondary N) is 2. The predicted molar refractivity (Wildman–Crippen MR) is 159 cm³/mol. The number of aliphatic hydroxyl groups is 1. The van der Waals surface area contributed by atoms with E-state index in [1.807, 2.05) is 6.07 Å². The van der Waals surface area contributed by atoms with Gasteiger partial charge in [0.05, 0.1) is 31.6 Å². The normalized spacial score (nSPS) is 18.5. The monoisotopic (exact) mass is 592 g/mol. The number of amides is 1. The van der Waals surface area contributed by atoms with Gasteiger partial charge in [-0.25, -0.2) is 9.97 Å². The van der Waals surface area contributed by atoms with Crippen LogP contribution in [-0.4, -0.2) is 113 Å². The fraction of sp³-hybridized carbons (Fsp3) is 0.533. The standard InChI is InChI=1S/C30H40N8O5/c1-2-36-7-9-38(10-8-36)30-34-27(12-28(35-30)33-23-17-41-18-23)29(40)32-13-24(39)16-37-6-5-21-11-25(4-3-22(21)15-37)42-19-26-14-31-20-43-26/h3-4,11-12,14,20,23-24,39H,2,5-10,13,15-19H2,1H3,(H,32,40)(H,33,34,35). The van der Waals surface area contributed by atoms with Gasteiger partial charge in [-0.05, 0) is 36.2 Å². The maximum atomic E-state index is 13.2. The maximum absolute atomic E-state index is 13.2. The number of oxazole rings is 1. The molecule has 13 heteroatoms. The van der Waals surface area contributed by atoms with Crippen LogP contribution in [0, 0.1) is 0 Å². The zero-order valence-corrected chi connectivity index (χ0v) is 24.6. The summed E-state index contributed by atoms with van der Waals surface area (Å²) in [6, 6.07) is 7.94. The number of likely N-dealkylation sites (N-methyl/N-ethyl adjacent to an activating group) is 1. The number of benzene rings is 1. The molecule has 0 saturated carbocycles. The highest BCUT2D eigenvalue weighted by Crippen LogP contribution is 2.25. The molecule has 1 aromatic carbocycles. The SMILES string of the molecule is CCN1CCN(c2nc(NC3COC3)cc(C(=O)NCC(O)CN3CCc4cc(OCc5cnco5)ccc4C3)n2)CC1. The topological polar surface area (TPSA) is 141 Å². The Hall–Kier alpha value is -3.78. The lowest BCUT2D eigenvalue weighted by Gasteiger charge is -2.34. The van der Waals surface area contributed by atoms with Crippen LogP contribution in [-0.2, 0) is 24.3 Å². The molecule has 6 rings (SSSR count). The molecule has 13 nitrogen and oxygen atoms in total. The van der Waals surface area contributed by atoms with Gasteiger partial charge in [-0.3, -0.25) is 9.69 Å². The van der Waals surface area contributed by atoms with E-state index in [0.717, 1.165) is 58.0 Å². The number of carbonyl (C=O) groups is 1. The second kappa shape index (κ2) is 13.7. The Morgan fingerprint density at radius 2 is 1.98 bits per heavy atom. The lowest BCUT2D eigenvalue weighted by molar-refractivity contribution is 0.0209. The molecule has 1 unspecified atom stereocenters. The molecule has 3 aliphatic rings. The number of ether oxygens (including phenoxy) is 2. The number of piperazine rings is 1. The van der Waals surface area contributed by atoms with Crippen molar-refractivity contribution in [1.82, 2.24) is 30.1 Å². The van der Waals surface area contributed by atoms with Crippen molar-refractivity contribution in [3.8, 4) is 5.75 Å². The third-order valence-corrected chi connectivity index (χ3v) is 8.14. The molecule has 2 aromatic heterocycles. The van der Waals surface area contributed by atoms with Gasteiger partial charge >= 0.3 is 0 Å². The average molecular weight is 593 g/mol. The minimum atomic E-state index is -0.719. The summed E-state index contributed by atoms with van der Waals surface area (Å²) in [5, 5.41) is 17.0. The van der Waals surface area contributed by atoms with Crippen molar-refractivity contribution in [3.05, 3.63) is 59.4 Å². The van der Waals surface area contributed by atoms with Crippen LogP contribution < -0.4 is 20.3 Å². The zero-order chi connectivity index (χ0) is 29.6. The first-order chi connectivity index (χ1) is 21.0. The Bertz CT molecular complexity index is 1360. The summed E-state index contributed by atoms with van der Waals surface area (Å²) in [5.74, 6) is 2.30. The number of hydrogen-bond acceptors (Lipinski definition) is 12. The summed E-state index contributed by atoms with van der Waals surface area (Å²) in [6.45, 7) is 10.3. The van der Waals surface area contributed by atoms with E-state index < -0.39 is 6.10 Å². The summed E-state index contributed by atoms with van der Waals surface area (Å²) < 4.78 is 16.4. The fourth-order valence-electron chi connectivity index (χ4n) is 5.52. The van der Waals surface area contributed by atoms with Crippen molar-refractivity contribution >= 4 is 17.7 Å². The van der Waals surface area contributed by atoms with E-state index in [1.54, 1.807) is 12.3 Å². The second-order valence-electron chi connectivity index (χ2n) is 11.3. The summed E-state index contributed by atoms with van der Waals surface area (Å²) >= 11 is 0. The van der Waals surface area contributed by atoms with Gasteiger partial charge in [0.15, 0.2) is 12.2 Å². The first kappa shape index (κ1) is 29.3. The van der Waals surface area contributed by atoms with Crippen LogP contribution in [0.1, 0.15) is 34.3 Å². The van der Waals surface area contributed by atoms with Crippen LogP contribution in [0.15, 0.2) is 41.3 Å². The largest absolute Gasteiger partial charge is 0.486 e. The molecule has 3 aliphatic heterocycles. The van der Waals surface area contributed by atoms with Crippen molar-refractivity contribution in [3.63, 3.8) is 0 Å². The number of carbonyl (C=O) groups excluding carboxylic acids is 1. The zero-order valence-electron chi connectivity index (χ0n) is 24.6. The quantitative estimate of drug-likeness (QED) is 0.278. The van der Waals surface area contributed by atoms with Gasteiger partial charge in [-0.15, -0.1) is 0 Å². The summed E-state index contributed by atoms with van der Waals surface area (Å²) in [7, 11) is 0. The van der Waals surface area contributed by atoms with Crippen molar-refractivity contribution in [2.75, 3.05) is 75.8 Å². The number of aromatic nitrogens is 3. The minimum Gasteiger partial charge on any atom is -0.486 e. The highest BCUT2D eigenvalue weighted by molar-refractivity contribution is 5.93. The van der Waals surface area contributed by atoms with Crippen LogP contribution in [0.3, 0.4) is 0 Å². The highest BCUT2D eigenvalue weighted by atomic mass is 16.5. The molecule has 3 N–H and O–H groups in total. The molecule has 2 saturated heterocycles. The van der Waals surface area contributed by atoms with Crippen LogP contribution in [0.2, 0.25) is 0 Å². The Labute approximate surface area is 251 Å². The Morgan fingerprint density at radius 3 is 2.72 bits per heavy atom. The summed E-state index contributed by atoms with van der Waals surface area (Å²) in [4.78, 5) is 33.1. The van der Waals surface area contributed by atoms with E-state index >= 15 is 0 Å². The van der Waals surface area contributed by atoms with Gasteiger partial charge in [0.2, 0.25) is 5.95 Å². The number of aliphatic hydroxyl groups excluding tert-OH is 1. The average Bonchev–Trinajstić information content (AvgIpc) is 3.54. The number of rotatable bonds is 12. The molecule has 5 heterocycles. The molecule has 0 radical (unpaired) electrons. The molecule has 230 valence electrons. The van der Waals surface area contributed by atoms with Crippen molar-refractivity contribution in [2.24, 2.45) is 0 Å². The van der Waals surface area contributed by atoms with Crippen molar-refractivity contribution < 1.29 is 23.8 Å². The predicted octanol–water partition coefficient (Wildman–Crippen LogP) is 1.15. The smallest absolute Gasteiger partial charge is 0.270 e. The van der Waals surface area contributed by atoms with E-state index in [2.05, 4.69) is 54.4 Å². The fourth-order valence-corrected chi connectivity index (χ4v) is 5.52. The Morgan fingerprint density at radius 1 is 1.12 bits per heavy atom. The number of anilines is 2. The molecule has 1 amide bonds. The van der Waals surface area contributed by atoms with Gasteiger partial charge in [-0.1, -0.05) is 13.0 Å². The lowest BCUT2D eigenvalue weighted by Crippen LogP contribution is -2.47. The van der Waals surface area contributed by atoms with Gasteiger partial charge in [-0.2, -0.15) is 4.98 Å². The maximum Gasteiger partial charge on any atom is 0.270 e. The van der Waals surface area contributed by atoms with E-state index in [-0.39, 0.29) is 24.2 Å². The third-order valence-electron chi connectivity index (χ3n) is 8.14. The number of fused-ring (bicyclic) bond motifs is 1. The molecule has 3 aromatic rings. The summed E-state index contributed by atoms with van der Waals surface area (Å²) in [6.07, 6.45) is 3.17. The third kappa shape index (κ3) is 7.60. The molecule has 0 bridgehead atoms. The van der Waals surface area contributed by atoms with Crippen molar-refractivity contribution in [2.45, 2.75) is 38.6 Å². The van der Waals surface area contributed by atoms with Crippen LogP contribution in [0.4, 0.5) is 11.8 Å². The van der Waals surface area contributed by atoms with Crippen LogP contribution in [0.5, 0.6) is 5.75 Å². The van der Waals surface area contributed by atoms with E-state index in [0.29, 0.717) is 43.9 Å². The van der Waals surface area contributed by atoms with E-state index in [4.69, 9.17) is 18.9 Å². The Kier molecular flexibility index (Phi) is 9.32. The number of hydrogen-bond donors (Lipinski definition) is 3. The molecule has 1 atom stereocenters. The summed E-state index contributed by atoms with van der Waals surface area (Å²) in [5.41, 5.74) is 2.73. The van der Waals surface area contributed by atoms with Crippen molar-refractivity contribution in [1.29, 1.82) is 0 Å². The molecule has 43 heavy (non-hydrogen) atoms. The van der Waals surface area contributed by atoms with E-state index in [1.165, 1.54) is 17.5 Å². The number of nitrogens with zero attached hydrogens (tertiary/aromatic N) is 6. The van der Waals surface area contributed by atoms with Gasteiger partial charge in [0.25, 0.3) is 5.91 Å². The van der Waals surface area contributed by atoms with Gasteiger partial charge in [0.1, 0.15) is 23.9 Å². The second-order valence-corrected chi connectivity index (χ2v) is 11.3. The number of β-amino-alcohol motifs (C(OH)–C–C–N with tert-alkyl or cyclic N) is 1. The highest BCUT2D eigenvalue weighted by Gasteiger charge is 2.24. The van der Waals surface area contributed by atoms with Crippen LogP contribution >= 0.6 is 0 Å². The molecular formula is C30H40N8O5. The Balaban J connectivity index is 1.02. The molecule has 2 fully saturated rings. The van der Waals surface area contributed by atoms with Gasteiger partial charge < -0.3 is 39.4 Å². The van der Waals surface area contributed by atoms with Gasteiger partial charge in [0, 0.05) is 58.4 Å². The van der Waals surface area contributed by atoms with E-state index in [9.17, 15) is 9.90 Å². The first-order valence-electron chi connectivity index (χ1n) is 15.0. The minimum absolute atomic E-state index is 0.129. The first-order valence-corrected chi connectivity index (χ1v) is 15.0. The molecule has 0 aliphatic carbocycles. The molecule has 0 spiro atoms. The van der Waals surface area contributed by atoms with Crippen LogP contribution in [0.25, 0.3) is 0 Å².